The van der Waals surface area contributed by atoms with Crippen LogP contribution in [0.2, 0.25) is 0 Å². The molecule has 0 aliphatic rings. The number of hydrogen-bond donors (Lipinski definition) is 2. The summed E-state index contributed by atoms with van der Waals surface area (Å²) >= 11 is 0. The second-order valence-corrected chi connectivity index (χ2v) is 5.46. The molecule has 2 N–H and O–H groups in total. The lowest BCUT2D eigenvalue weighted by Crippen LogP contribution is -2.19. The van der Waals surface area contributed by atoms with Gasteiger partial charge in [0.15, 0.2) is 0 Å². The summed E-state index contributed by atoms with van der Waals surface area (Å²) < 4.78 is 49.0. The Morgan fingerprint density at radius 2 is 1.63 bits per heavy atom. The Hall–Kier alpha value is -3.07. The average molecular weight is 382 g/mol. The second kappa shape index (κ2) is 8.54. The monoisotopic (exact) mass is 382 g/mol. The molecule has 6 nitrogen and oxygen atoms in total. The minimum absolute atomic E-state index is 0.160. The maximum Gasteiger partial charge on any atom is 0.416 e. The van der Waals surface area contributed by atoms with E-state index in [0.29, 0.717) is 17.5 Å². The fourth-order valence-electron chi connectivity index (χ4n) is 2.20. The SMILES string of the molecule is COCC(=O)Nc1cc(C(=O)Nc2ccc(OC)cc2)cc(C(F)(F)F)c1. The molecule has 0 unspecified atom stereocenters. The largest absolute Gasteiger partial charge is 0.497 e. The molecule has 9 heteroatoms. The van der Waals surface area contributed by atoms with Crippen molar-refractivity contribution in [1.82, 2.24) is 0 Å². The molecule has 0 bridgehead atoms. The van der Waals surface area contributed by atoms with E-state index in [4.69, 9.17) is 4.74 Å². The predicted molar refractivity (Wildman–Crippen MR) is 92.9 cm³/mol. The Labute approximate surface area is 153 Å². The van der Waals surface area contributed by atoms with Gasteiger partial charge in [-0.3, -0.25) is 9.59 Å². The van der Waals surface area contributed by atoms with Gasteiger partial charge in [0, 0.05) is 24.0 Å². The quantitative estimate of drug-likeness (QED) is 0.801. The summed E-state index contributed by atoms with van der Waals surface area (Å²) in [4.78, 5) is 23.9. The Morgan fingerprint density at radius 3 is 2.19 bits per heavy atom. The summed E-state index contributed by atoms with van der Waals surface area (Å²) in [6.45, 7) is -0.330. The fourth-order valence-corrected chi connectivity index (χ4v) is 2.20. The number of halogens is 3. The summed E-state index contributed by atoms with van der Waals surface area (Å²) in [6, 6.07) is 8.90. The van der Waals surface area contributed by atoms with Crippen LogP contribution in [0.4, 0.5) is 24.5 Å². The van der Waals surface area contributed by atoms with E-state index in [1.165, 1.54) is 14.2 Å². The van der Waals surface area contributed by atoms with Gasteiger partial charge in [-0.15, -0.1) is 0 Å². The first-order valence-corrected chi connectivity index (χ1v) is 7.69. The average Bonchev–Trinajstić information content (AvgIpc) is 2.61. The van der Waals surface area contributed by atoms with Gasteiger partial charge in [0.1, 0.15) is 12.4 Å². The summed E-state index contributed by atoms with van der Waals surface area (Å²) in [7, 11) is 2.76. The van der Waals surface area contributed by atoms with Gasteiger partial charge in [-0.2, -0.15) is 13.2 Å². The van der Waals surface area contributed by atoms with Gasteiger partial charge in [-0.25, -0.2) is 0 Å². The fraction of sp³-hybridized carbons (Fsp3) is 0.222. The minimum Gasteiger partial charge on any atom is -0.497 e. The zero-order valence-electron chi connectivity index (χ0n) is 14.5. The second-order valence-electron chi connectivity index (χ2n) is 5.46. The molecule has 0 heterocycles. The maximum absolute atomic E-state index is 13.1. The lowest BCUT2D eigenvalue weighted by Gasteiger charge is -2.13. The molecule has 0 saturated carbocycles. The van der Waals surface area contributed by atoms with E-state index < -0.39 is 23.6 Å². The molecule has 0 radical (unpaired) electrons. The van der Waals surface area contributed by atoms with E-state index in [1.54, 1.807) is 24.3 Å². The molecule has 2 rings (SSSR count). The zero-order valence-corrected chi connectivity index (χ0v) is 14.5. The van der Waals surface area contributed by atoms with Crippen LogP contribution < -0.4 is 15.4 Å². The van der Waals surface area contributed by atoms with Crippen molar-refractivity contribution in [1.29, 1.82) is 0 Å². The molecule has 0 aromatic heterocycles. The van der Waals surface area contributed by atoms with Crippen LogP contribution in [0.3, 0.4) is 0 Å². The Balaban J connectivity index is 2.29. The van der Waals surface area contributed by atoms with Gasteiger partial charge in [-0.05, 0) is 42.5 Å². The van der Waals surface area contributed by atoms with Gasteiger partial charge in [0.2, 0.25) is 5.91 Å². The van der Waals surface area contributed by atoms with Gasteiger partial charge >= 0.3 is 6.18 Å². The van der Waals surface area contributed by atoms with Crippen molar-refractivity contribution in [3.05, 3.63) is 53.6 Å². The smallest absolute Gasteiger partial charge is 0.416 e. The van der Waals surface area contributed by atoms with Crippen LogP contribution in [0.25, 0.3) is 0 Å². The minimum atomic E-state index is -4.68. The molecule has 0 aliphatic heterocycles. The highest BCUT2D eigenvalue weighted by atomic mass is 19.4. The van der Waals surface area contributed by atoms with Crippen LogP contribution in [-0.2, 0) is 15.7 Å². The molecule has 0 saturated heterocycles. The predicted octanol–water partition coefficient (Wildman–Crippen LogP) is 3.55. The van der Waals surface area contributed by atoms with Crippen molar-refractivity contribution < 1.29 is 32.2 Å². The van der Waals surface area contributed by atoms with Gasteiger partial charge < -0.3 is 20.1 Å². The molecule has 2 amide bonds. The molecule has 2 aromatic rings. The molecule has 0 aliphatic carbocycles. The number of carbonyl (C=O) groups is 2. The van der Waals surface area contributed by atoms with Crippen molar-refractivity contribution in [2.24, 2.45) is 0 Å². The first-order valence-electron chi connectivity index (χ1n) is 7.69. The first kappa shape index (κ1) is 20.2. The number of rotatable bonds is 6. The zero-order chi connectivity index (χ0) is 20.0. The standard InChI is InChI=1S/C18H17F3N2O4/c1-26-10-16(24)22-14-8-11(7-12(9-14)18(19,20)21)17(25)23-13-3-5-15(27-2)6-4-13/h3-9H,10H2,1-2H3,(H,22,24)(H,23,25). The normalized spacial score (nSPS) is 11.0. The van der Waals surface area contributed by atoms with Crippen molar-refractivity contribution in [2.75, 3.05) is 31.5 Å². The van der Waals surface area contributed by atoms with Crippen molar-refractivity contribution >= 4 is 23.2 Å². The van der Waals surface area contributed by atoms with Crippen LogP contribution in [0, 0.1) is 0 Å². The third-order valence-corrected chi connectivity index (χ3v) is 3.43. The Kier molecular flexibility index (Phi) is 6.40. The van der Waals surface area contributed by atoms with Crippen LogP contribution >= 0.6 is 0 Å². The summed E-state index contributed by atoms with van der Waals surface area (Å²) in [5.74, 6) is -0.831. The molecule has 27 heavy (non-hydrogen) atoms. The number of anilines is 2. The van der Waals surface area contributed by atoms with E-state index in [2.05, 4.69) is 15.4 Å². The maximum atomic E-state index is 13.1. The number of amides is 2. The van der Waals surface area contributed by atoms with E-state index >= 15 is 0 Å². The molecule has 0 fully saturated rings. The van der Waals surface area contributed by atoms with Crippen molar-refractivity contribution in [2.45, 2.75) is 6.18 Å². The van der Waals surface area contributed by atoms with Crippen LogP contribution in [0.5, 0.6) is 5.75 Å². The third-order valence-electron chi connectivity index (χ3n) is 3.43. The van der Waals surface area contributed by atoms with E-state index in [1.807, 2.05) is 0 Å². The Bertz CT molecular complexity index is 820. The van der Waals surface area contributed by atoms with E-state index in [0.717, 1.165) is 12.1 Å². The van der Waals surface area contributed by atoms with Gasteiger partial charge in [-0.1, -0.05) is 0 Å². The number of nitrogens with one attached hydrogen (secondary N) is 2. The summed E-state index contributed by atoms with van der Waals surface area (Å²) in [5.41, 5.74) is -1.10. The van der Waals surface area contributed by atoms with E-state index in [-0.39, 0.29) is 17.9 Å². The van der Waals surface area contributed by atoms with Crippen LogP contribution in [0.1, 0.15) is 15.9 Å². The number of hydrogen-bond acceptors (Lipinski definition) is 4. The molecule has 2 aromatic carbocycles. The van der Waals surface area contributed by atoms with E-state index in [9.17, 15) is 22.8 Å². The van der Waals surface area contributed by atoms with Gasteiger partial charge in [0.25, 0.3) is 5.91 Å². The summed E-state index contributed by atoms with van der Waals surface area (Å²) in [6.07, 6.45) is -4.68. The lowest BCUT2D eigenvalue weighted by atomic mass is 10.1. The van der Waals surface area contributed by atoms with Crippen molar-refractivity contribution in [3.63, 3.8) is 0 Å². The highest BCUT2D eigenvalue weighted by molar-refractivity contribution is 6.05. The number of methoxy groups -OCH3 is 2. The lowest BCUT2D eigenvalue weighted by molar-refractivity contribution is -0.137. The molecular weight excluding hydrogens is 365 g/mol. The van der Waals surface area contributed by atoms with Crippen LogP contribution in [0.15, 0.2) is 42.5 Å². The highest BCUT2D eigenvalue weighted by Gasteiger charge is 2.32. The van der Waals surface area contributed by atoms with Crippen molar-refractivity contribution in [3.8, 4) is 5.75 Å². The molecule has 144 valence electrons. The number of alkyl halides is 3. The topological polar surface area (TPSA) is 76.7 Å². The van der Waals surface area contributed by atoms with Crippen LogP contribution in [-0.4, -0.2) is 32.6 Å². The van der Waals surface area contributed by atoms with Gasteiger partial charge in [0.05, 0.1) is 12.7 Å². The highest BCUT2D eigenvalue weighted by Crippen LogP contribution is 2.32. The first-order chi connectivity index (χ1) is 12.7. The molecule has 0 spiro atoms. The number of benzene rings is 2. The molecule has 0 atom stereocenters. The third kappa shape index (κ3) is 5.71. The Morgan fingerprint density at radius 1 is 0.963 bits per heavy atom. The number of carbonyl (C=O) groups excluding carboxylic acids is 2. The molecular formula is C18H17F3N2O4. The number of ether oxygens (including phenoxy) is 2. The summed E-state index contributed by atoms with van der Waals surface area (Å²) in [5, 5.41) is 4.76.